The lowest BCUT2D eigenvalue weighted by Crippen LogP contribution is -2.53. The van der Waals surface area contributed by atoms with Crippen molar-refractivity contribution in [2.24, 2.45) is 22.7 Å². The van der Waals surface area contributed by atoms with Crippen LogP contribution < -0.4 is 0 Å². The van der Waals surface area contributed by atoms with E-state index in [1.165, 1.54) is 12.8 Å². The standard InChI is InChI=1S/C23H29NO2/c1-16-18(11-14-24)23(4)13-8-12-22(2,3)20(23)15-19(16)26-21(25)17-9-6-5-7-10-17/h5-7,9-10,18-20H,1,8,11-13,15H2,2-4H3/t18-,19-,20-,23+/m0/s1. The molecule has 26 heavy (non-hydrogen) atoms. The second-order valence-electron chi connectivity index (χ2n) is 8.89. The van der Waals surface area contributed by atoms with Crippen molar-refractivity contribution >= 4 is 5.97 Å². The van der Waals surface area contributed by atoms with Crippen LogP contribution in [0.1, 0.15) is 63.2 Å². The van der Waals surface area contributed by atoms with Crippen LogP contribution in [0.4, 0.5) is 0 Å². The number of fused-ring (bicyclic) bond motifs is 1. The third-order valence-electron chi connectivity index (χ3n) is 6.94. The molecule has 0 amide bonds. The number of hydrogen-bond donors (Lipinski definition) is 0. The number of carbonyl (C=O) groups excluding carboxylic acids is 1. The van der Waals surface area contributed by atoms with Gasteiger partial charge in [0.25, 0.3) is 0 Å². The molecule has 2 fully saturated rings. The van der Waals surface area contributed by atoms with Gasteiger partial charge in [-0.3, -0.25) is 0 Å². The number of ether oxygens (including phenoxy) is 1. The quantitative estimate of drug-likeness (QED) is 0.531. The second-order valence-corrected chi connectivity index (χ2v) is 8.89. The molecule has 2 aliphatic rings. The molecule has 0 saturated heterocycles. The van der Waals surface area contributed by atoms with Crippen LogP contribution in [0.25, 0.3) is 0 Å². The van der Waals surface area contributed by atoms with Gasteiger partial charge in [0.05, 0.1) is 11.6 Å². The fourth-order valence-electron chi connectivity index (χ4n) is 5.54. The van der Waals surface area contributed by atoms with Gasteiger partial charge in [-0.1, -0.05) is 52.0 Å². The van der Waals surface area contributed by atoms with Crippen LogP contribution in [0.3, 0.4) is 0 Å². The van der Waals surface area contributed by atoms with Crippen LogP contribution in [-0.4, -0.2) is 12.1 Å². The Morgan fingerprint density at radius 3 is 2.62 bits per heavy atom. The third kappa shape index (κ3) is 3.18. The van der Waals surface area contributed by atoms with Gasteiger partial charge in [-0.05, 0) is 53.7 Å². The molecule has 0 N–H and O–H groups in total. The van der Waals surface area contributed by atoms with E-state index in [1.54, 1.807) is 12.1 Å². The van der Waals surface area contributed by atoms with E-state index in [-0.39, 0.29) is 28.8 Å². The Morgan fingerprint density at radius 2 is 1.96 bits per heavy atom. The van der Waals surface area contributed by atoms with Crippen molar-refractivity contribution in [2.75, 3.05) is 0 Å². The van der Waals surface area contributed by atoms with Crippen LogP contribution in [0, 0.1) is 34.0 Å². The van der Waals surface area contributed by atoms with E-state index in [2.05, 4.69) is 33.4 Å². The van der Waals surface area contributed by atoms with Crippen molar-refractivity contribution < 1.29 is 9.53 Å². The molecule has 0 radical (unpaired) electrons. The molecule has 4 atom stereocenters. The van der Waals surface area contributed by atoms with Gasteiger partial charge in [0.2, 0.25) is 0 Å². The van der Waals surface area contributed by atoms with Crippen molar-refractivity contribution in [1.29, 1.82) is 5.26 Å². The highest BCUT2D eigenvalue weighted by atomic mass is 16.5. The predicted molar refractivity (Wildman–Crippen MR) is 102 cm³/mol. The molecule has 0 spiro atoms. The van der Waals surface area contributed by atoms with Crippen molar-refractivity contribution in [3.8, 4) is 6.07 Å². The predicted octanol–water partition coefficient (Wildman–Crippen LogP) is 5.53. The first-order chi connectivity index (χ1) is 12.3. The topological polar surface area (TPSA) is 50.1 Å². The minimum Gasteiger partial charge on any atom is -0.454 e. The molecule has 138 valence electrons. The van der Waals surface area contributed by atoms with Crippen molar-refractivity contribution in [1.82, 2.24) is 0 Å². The molecular weight excluding hydrogens is 322 g/mol. The van der Waals surface area contributed by atoms with Gasteiger partial charge >= 0.3 is 5.97 Å². The highest BCUT2D eigenvalue weighted by Gasteiger charge is 2.55. The summed E-state index contributed by atoms with van der Waals surface area (Å²) in [5.74, 6) is 0.199. The summed E-state index contributed by atoms with van der Waals surface area (Å²) in [5, 5.41) is 9.42. The third-order valence-corrected chi connectivity index (χ3v) is 6.94. The minimum atomic E-state index is -0.309. The molecule has 3 heteroatoms. The Bertz CT molecular complexity index is 730. The number of nitriles is 1. The van der Waals surface area contributed by atoms with Gasteiger partial charge in [-0.25, -0.2) is 4.79 Å². The Balaban J connectivity index is 1.89. The smallest absolute Gasteiger partial charge is 0.338 e. The number of nitrogens with zero attached hydrogens (tertiary/aromatic N) is 1. The first-order valence-electron chi connectivity index (χ1n) is 9.61. The zero-order chi connectivity index (χ0) is 18.9. The van der Waals surface area contributed by atoms with Gasteiger partial charge in [0.15, 0.2) is 0 Å². The average Bonchev–Trinajstić information content (AvgIpc) is 2.60. The summed E-state index contributed by atoms with van der Waals surface area (Å²) >= 11 is 0. The molecule has 0 bridgehead atoms. The molecule has 1 aromatic rings. The van der Waals surface area contributed by atoms with Crippen LogP contribution in [0.5, 0.6) is 0 Å². The lowest BCUT2D eigenvalue weighted by atomic mass is 9.47. The normalized spacial score (nSPS) is 33.0. The van der Waals surface area contributed by atoms with E-state index in [1.807, 2.05) is 18.2 Å². The van der Waals surface area contributed by atoms with E-state index < -0.39 is 0 Å². The molecule has 1 aromatic carbocycles. The fraction of sp³-hybridized carbons (Fsp3) is 0.565. The SMILES string of the molecule is C=C1[C@@H](OC(=O)c2ccccc2)C[C@H]2C(C)(C)CCC[C@]2(C)[C@H]1CC#N. The molecule has 0 aliphatic heterocycles. The molecule has 2 aliphatic carbocycles. The van der Waals surface area contributed by atoms with Crippen LogP contribution in [-0.2, 0) is 4.74 Å². The molecule has 0 aromatic heterocycles. The highest BCUT2D eigenvalue weighted by Crippen LogP contribution is 2.61. The molecule has 0 unspecified atom stereocenters. The number of rotatable bonds is 3. The van der Waals surface area contributed by atoms with Gasteiger partial charge in [0.1, 0.15) is 6.10 Å². The van der Waals surface area contributed by atoms with Gasteiger partial charge in [-0.15, -0.1) is 0 Å². The Labute approximate surface area is 157 Å². The summed E-state index contributed by atoms with van der Waals surface area (Å²) in [7, 11) is 0. The monoisotopic (exact) mass is 351 g/mol. The highest BCUT2D eigenvalue weighted by molar-refractivity contribution is 5.89. The number of esters is 1. The lowest BCUT2D eigenvalue weighted by Gasteiger charge is -2.58. The maximum atomic E-state index is 12.6. The average molecular weight is 351 g/mol. The number of hydrogen-bond acceptors (Lipinski definition) is 3. The summed E-state index contributed by atoms with van der Waals surface area (Å²) < 4.78 is 5.91. The van der Waals surface area contributed by atoms with E-state index in [9.17, 15) is 10.1 Å². The Kier molecular flexibility index (Phi) is 4.97. The summed E-state index contributed by atoms with van der Waals surface area (Å²) in [4.78, 5) is 12.6. The molecular formula is C23H29NO2. The second kappa shape index (κ2) is 6.91. The van der Waals surface area contributed by atoms with Gasteiger partial charge in [0, 0.05) is 12.3 Å². The largest absolute Gasteiger partial charge is 0.454 e. The maximum Gasteiger partial charge on any atom is 0.338 e. The Morgan fingerprint density at radius 1 is 1.27 bits per heavy atom. The first kappa shape index (κ1) is 18.7. The summed E-state index contributed by atoms with van der Waals surface area (Å²) in [6.45, 7) is 11.3. The van der Waals surface area contributed by atoms with Crippen LogP contribution >= 0.6 is 0 Å². The molecule has 3 nitrogen and oxygen atoms in total. The zero-order valence-corrected chi connectivity index (χ0v) is 16.1. The summed E-state index contributed by atoms with van der Waals surface area (Å²) in [6.07, 6.45) is 4.43. The first-order valence-corrected chi connectivity index (χ1v) is 9.61. The number of carbonyl (C=O) groups is 1. The van der Waals surface area contributed by atoms with Gasteiger partial charge < -0.3 is 4.74 Å². The van der Waals surface area contributed by atoms with Crippen molar-refractivity contribution in [3.05, 3.63) is 48.0 Å². The van der Waals surface area contributed by atoms with Crippen molar-refractivity contribution in [2.45, 2.75) is 59.0 Å². The van der Waals surface area contributed by atoms with E-state index >= 15 is 0 Å². The zero-order valence-electron chi connectivity index (χ0n) is 16.1. The van der Waals surface area contributed by atoms with Crippen LogP contribution in [0.15, 0.2) is 42.5 Å². The lowest BCUT2D eigenvalue weighted by molar-refractivity contribution is -0.0848. The van der Waals surface area contributed by atoms with E-state index in [0.29, 0.717) is 17.9 Å². The molecule has 0 heterocycles. The van der Waals surface area contributed by atoms with Crippen molar-refractivity contribution in [3.63, 3.8) is 0 Å². The van der Waals surface area contributed by atoms with Crippen LogP contribution in [0.2, 0.25) is 0 Å². The molecule has 2 saturated carbocycles. The van der Waals surface area contributed by atoms with Gasteiger partial charge in [-0.2, -0.15) is 5.26 Å². The maximum absolute atomic E-state index is 12.6. The van der Waals surface area contributed by atoms with E-state index in [0.717, 1.165) is 18.4 Å². The summed E-state index contributed by atoms with van der Waals surface area (Å²) in [5.41, 5.74) is 1.73. The molecule has 3 rings (SSSR count). The number of benzene rings is 1. The summed E-state index contributed by atoms with van der Waals surface area (Å²) in [6, 6.07) is 11.5. The minimum absolute atomic E-state index is 0.0597. The Hall–Kier alpha value is -2.08. The van der Waals surface area contributed by atoms with E-state index in [4.69, 9.17) is 4.74 Å². The fourth-order valence-corrected chi connectivity index (χ4v) is 5.54.